The van der Waals surface area contributed by atoms with E-state index in [1.165, 1.54) is 0 Å². The highest BCUT2D eigenvalue weighted by atomic mass is 19.1. The fraction of sp³-hybridized carbons (Fsp3) is 0.667. The van der Waals surface area contributed by atoms with E-state index in [0.29, 0.717) is 63.1 Å². The molecule has 2 aliphatic rings. The van der Waals surface area contributed by atoms with E-state index >= 15 is 0 Å². The first-order chi connectivity index (χ1) is 10.9. The van der Waals surface area contributed by atoms with Crippen LogP contribution in [0.3, 0.4) is 0 Å². The molecule has 1 amide bonds. The number of piperazine rings is 1. The maximum Gasteiger partial charge on any atom is 0.240 e. The van der Waals surface area contributed by atoms with Gasteiger partial charge >= 0.3 is 0 Å². The number of hydrogen-bond donors (Lipinski definition) is 1. The van der Waals surface area contributed by atoms with E-state index in [0.717, 1.165) is 0 Å². The monoisotopic (exact) mass is 323 g/mol. The average molecular weight is 323 g/mol. The number of rotatable bonds is 3. The summed E-state index contributed by atoms with van der Waals surface area (Å²) in [4.78, 5) is 24.2. The number of hydrogen-bond acceptors (Lipinski definition) is 6. The zero-order chi connectivity index (χ0) is 16.6. The van der Waals surface area contributed by atoms with Crippen molar-refractivity contribution in [3.05, 3.63) is 17.3 Å². The molecule has 1 aromatic rings. The summed E-state index contributed by atoms with van der Waals surface area (Å²) in [5.41, 5.74) is 5.25. The highest BCUT2D eigenvalue weighted by molar-refractivity contribution is 5.85. The van der Waals surface area contributed by atoms with Crippen molar-refractivity contribution in [1.82, 2.24) is 14.9 Å². The largest absolute Gasteiger partial charge is 0.379 e. The summed E-state index contributed by atoms with van der Waals surface area (Å²) in [5.74, 6) is 0.172. The van der Waals surface area contributed by atoms with Gasteiger partial charge in [-0.3, -0.25) is 9.69 Å². The Bertz CT molecular complexity index is 610. The molecule has 2 N–H and O–H groups in total. The zero-order valence-electron chi connectivity index (χ0n) is 13.5. The fourth-order valence-electron chi connectivity index (χ4n) is 3.39. The quantitative estimate of drug-likeness (QED) is 0.843. The van der Waals surface area contributed by atoms with E-state index in [-0.39, 0.29) is 11.7 Å². The van der Waals surface area contributed by atoms with Gasteiger partial charge in [0.25, 0.3) is 0 Å². The molecule has 0 bridgehead atoms. The predicted octanol–water partition coefficient (Wildman–Crippen LogP) is -0.00106. The van der Waals surface area contributed by atoms with Crippen LogP contribution >= 0.6 is 0 Å². The Hall–Kier alpha value is -1.80. The Kier molecular flexibility index (Phi) is 4.20. The topological polar surface area (TPSA) is 84.6 Å². The molecule has 126 valence electrons. The predicted molar refractivity (Wildman–Crippen MR) is 82.6 cm³/mol. The minimum Gasteiger partial charge on any atom is -0.379 e. The maximum atomic E-state index is 14.3. The van der Waals surface area contributed by atoms with Gasteiger partial charge < -0.3 is 15.4 Å². The molecular formula is C15H22FN5O2. The molecule has 1 unspecified atom stereocenters. The lowest BCUT2D eigenvalue weighted by atomic mass is 9.94. The van der Waals surface area contributed by atoms with Gasteiger partial charge in [0.15, 0.2) is 11.6 Å². The number of anilines is 1. The van der Waals surface area contributed by atoms with E-state index in [4.69, 9.17) is 10.5 Å². The molecule has 2 fully saturated rings. The molecule has 0 aliphatic carbocycles. The van der Waals surface area contributed by atoms with Crippen LogP contribution in [0.15, 0.2) is 0 Å². The Labute approximate surface area is 134 Å². The first-order valence-electron chi connectivity index (χ1n) is 7.82. The molecule has 2 aliphatic heterocycles. The highest BCUT2D eigenvalue weighted by Crippen LogP contribution is 2.29. The average Bonchev–Trinajstić information content (AvgIpc) is 3.02. The summed E-state index contributed by atoms with van der Waals surface area (Å²) < 4.78 is 19.7. The summed E-state index contributed by atoms with van der Waals surface area (Å²) in [6.07, 6.45) is 0.614. The summed E-state index contributed by atoms with van der Waals surface area (Å²) in [6.45, 7) is 6.68. The minimum absolute atomic E-state index is 0.336. The van der Waals surface area contributed by atoms with E-state index in [9.17, 15) is 9.18 Å². The van der Waals surface area contributed by atoms with Crippen molar-refractivity contribution in [3.8, 4) is 0 Å². The van der Waals surface area contributed by atoms with Crippen LogP contribution in [0, 0.1) is 19.7 Å². The Morgan fingerprint density at radius 3 is 2.52 bits per heavy atom. The van der Waals surface area contributed by atoms with Crippen molar-refractivity contribution in [2.75, 3.05) is 44.3 Å². The van der Waals surface area contributed by atoms with Crippen LogP contribution < -0.4 is 10.6 Å². The number of carbonyl (C=O) groups excluding carboxylic acids is 1. The second-order valence-corrected chi connectivity index (χ2v) is 6.17. The Morgan fingerprint density at radius 2 is 1.96 bits per heavy atom. The second-order valence-electron chi connectivity index (χ2n) is 6.17. The van der Waals surface area contributed by atoms with Crippen molar-refractivity contribution in [1.29, 1.82) is 0 Å². The Balaban J connectivity index is 1.75. The summed E-state index contributed by atoms with van der Waals surface area (Å²) in [5, 5.41) is 0. The smallest absolute Gasteiger partial charge is 0.240 e. The molecule has 0 saturated carbocycles. The third kappa shape index (κ3) is 2.76. The maximum absolute atomic E-state index is 14.3. The number of nitrogens with zero attached hydrogens (tertiary/aromatic N) is 4. The SMILES string of the molecule is Cc1nc(C)c(F)c(N2CCN(C3(C(N)=O)CCOC3)CC2)n1. The van der Waals surface area contributed by atoms with Crippen molar-refractivity contribution in [2.24, 2.45) is 5.73 Å². The van der Waals surface area contributed by atoms with Crippen LogP contribution in [0.4, 0.5) is 10.2 Å². The third-order valence-electron chi connectivity index (χ3n) is 4.76. The van der Waals surface area contributed by atoms with Crippen LogP contribution in [0.2, 0.25) is 0 Å². The summed E-state index contributed by atoms with van der Waals surface area (Å²) in [7, 11) is 0. The number of aryl methyl sites for hydroxylation is 2. The van der Waals surface area contributed by atoms with Gasteiger partial charge in [0.1, 0.15) is 11.4 Å². The number of halogens is 1. The summed E-state index contributed by atoms with van der Waals surface area (Å²) in [6, 6.07) is 0. The van der Waals surface area contributed by atoms with E-state index in [1.807, 2.05) is 4.90 Å². The highest BCUT2D eigenvalue weighted by Gasteiger charge is 2.47. The van der Waals surface area contributed by atoms with Gasteiger partial charge in [0.05, 0.1) is 12.3 Å². The van der Waals surface area contributed by atoms with Crippen LogP contribution in [-0.4, -0.2) is 65.7 Å². The van der Waals surface area contributed by atoms with Gasteiger partial charge in [-0.25, -0.2) is 14.4 Å². The van der Waals surface area contributed by atoms with Crippen LogP contribution in [0.25, 0.3) is 0 Å². The van der Waals surface area contributed by atoms with E-state index < -0.39 is 5.54 Å². The number of amides is 1. The summed E-state index contributed by atoms with van der Waals surface area (Å²) >= 11 is 0. The Morgan fingerprint density at radius 1 is 1.26 bits per heavy atom. The van der Waals surface area contributed by atoms with Gasteiger partial charge in [-0.15, -0.1) is 0 Å². The molecule has 23 heavy (non-hydrogen) atoms. The zero-order valence-corrected chi connectivity index (χ0v) is 13.5. The van der Waals surface area contributed by atoms with Gasteiger partial charge in [0, 0.05) is 39.2 Å². The number of primary amides is 1. The molecule has 0 radical (unpaired) electrons. The first kappa shape index (κ1) is 16.1. The molecule has 7 nitrogen and oxygen atoms in total. The lowest BCUT2D eigenvalue weighted by molar-refractivity contribution is -0.130. The van der Waals surface area contributed by atoms with Gasteiger partial charge in [-0.2, -0.15) is 0 Å². The van der Waals surface area contributed by atoms with Crippen LogP contribution in [-0.2, 0) is 9.53 Å². The molecule has 8 heteroatoms. The van der Waals surface area contributed by atoms with Gasteiger partial charge in [0.2, 0.25) is 5.91 Å². The van der Waals surface area contributed by atoms with E-state index in [2.05, 4.69) is 14.9 Å². The molecule has 2 saturated heterocycles. The number of carbonyl (C=O) groups is 1. The minimum atomic E-state index is -0.720. The first-order valence-corrected chi connectivity index (χ1v) is 7.82. The molecule has 1 aromatic heterocycles. The fourth-order valence-corrected chi connectivity index (χ4v) is 3.39. The molecule has 1 atom stereocenters. The van der Waals surface area contributed by atoms with Crippen LogP contribution in [0.5, 0.6) is 0 Å². The normalized spacial score (nSPS) is 25.8. The van der Waals surface area contributed by atoms with E-state index in [1.54, 1.807) is 13.8 Å². The number of nitrogens with two attached hydrogens (primary N) is 1. The lowest BCUT2D eigenvalue weighted by Gasteiger charge is -2.43. The number of ether oxygens (including phenoxy) is 1. The third-order valence-corrected chi connectivity index (χ3v) is 4.76. The lowest BCUT2D eigenvalue weighted by Crippen LogP contribution is -2.63. The molecule has 3 heterocycles. The molecule has 0 aromatic carbocycles. The van der Waals surface area contributed by atoms with Crippen molar-refractivity contribution < 1.29 is 13.9 Å². The standard InChI is InChI=1S/C15H22FN5O2/c1-10-12(16)13(19-11(2)18-10)20-4-6-21(7-5-20)15(14(17)22)3-8-23-9-15/h3-9H2,1-2H3,(H2,17,22). The van der Waals surface area contributed by atoms with Crippen molar-refractivity contribution >= 4 is 11.7 Å². The van der Waals surface area contributed by atoms with Crippen molar-refractivity contribution in [2.45, 2.75) is 25.8 Å². The second kappa shape index (κ2) is 6.01. The molecule has 0 spiro atoms. The number of aromatic nitrogens is 2. The molecular weight excluding hydrogens is 301 g/mol. The van der Waals surface area contributed by atoms with Crippen molar-refractivity contribution in [3.63, 3.8) is 0 Å². The van der Waals surface area contributed by atoms with Gasteiger partial charge in [-0.05, 0) is 13.8 Å². The van der Waals surface area contributed by atoms with Crippen LogP contribution in [0.1, 0.15) is 17.9 Å². The molecule has 3 rings (SSSR count). The van der Waals surface area contributed by atoms with Gasteiger partial charge in [-0.1, -0.05) is 0 Å².